The van der Waals surface area contributed by atoms with Crippen molar-refractivity contribution in [2.75, 3.05) is 7.11 Å². The molecule has 1 rings (SSSR count). The van der Waals surface area contributed by atoms with Gasteiger partial charge in [0, 0.05) is 0 Å². The molecule has 12 heavy (non-hydrogen) atoms. The van der Waals surface area contributed by atoms with E-state index in [2.05, 4.69) is 0 Å². The maximum Gasteiger partial charge on any atom is 0.120 e. The molecule has 0 heterocycles. The van der Waals surface area contributed by atoms with E-state index >= 15 is 0 Å². The minimum Gasteiger partial charge on any atom is -0.497 e. The molecule has 62 valence electrons. The van der Waals surface area contributed by atoms with E-state index in [9.17, 15) is 4.39 Å². The second-order valence-electron chi connectivity index (χ2n) is 2.32. The minimum atomic E-state index is -0.577. The van der Waals surface area contributed by atoms with E-state index < -0.39 is 6.67 Å². The Morgan fingerprint density at radius 2 is 2.25 bits per heavy atom. The predicted molar refractivity (Wildman–Crippen MR) is 42.5 cm³/mol. The van der Waals surface area contributed by atoms with Gasteiger partial charge in [-0.1, -0.05) is 0 Å². The average Bonchev–Trinajstić information content (AvgIpc) is 2.16. The van der Waals surface area contributed by atoms with Gasteiger partial charge in [0.1, 0.15) is 12.4 Å². The van der Waals surface area contributed by atoms with E-state index in [0.717, 1.165) is 0 Å². The fraction of sp³-hybridized carbons (Fsp3) is 0.222. The largest absolute Gasteiger partial charge is 0.497 e. The molecule has 3 heteroatoms. The molecule has 0 amide bonds. The van der Waals surface area contributed by atoms with Crippen molar-refractivity contribution in [3.8, 4) is 11.8 Å². The van der Waals surface area contributed by atoms with E-state index in [-0.39, 0.29) is 0 Å². The van der Waals surface area contributed by atoms with Crippen molar-refractivity contribution >= 4 is 0 Å². The highest BCUT2D eigenvalue weighted by molar-refractivity contribution is 5.40. The smallest absolute Gasteiger partial charge is 0.120 e. The van der Waals surface area contributed by atoms with Gasteiger partial charge >= 0.3 is 0 Å². The second kappa shape index (κ2) is 3.72. The zero-order valence-electron chi connectivity index (χ0n) is 6.67. The average molecular weight is 165 g/mol. The maximum atomic E-state index is 12.2. The molecule has 0 radical (unpaired) electrons. The summed E-state index contributed by atoms with van der Waals surface area (Å²) < 4.78 is 17.1. The number of rotatable bonds is 2. The molecule has 2 nitrogen and oxygen atoms in total. The van der Waals surface area contributed by atoms with Crippen LogP contribution in [0.4, 0.5) is 4.39 Å². The predicted octanol–water partition coefficient (Wildman–Crippen LogP) is 2.04. The van der Waals surface area contributed by atoms with E-state index in [0.29, 0.717) is 16.9 Å². The van der Waals surface area contributed by atoms with E-state index in [1.807, 2.05) is 6.07 Å². The Morgan fingerprint density at radius 3 is 2.75 bits per heavy atom. The van der Waals surface area contributed by atoms with Gasteiger partial charge in [0.15, 0.2) is 0 Å². The molecule has 0 aliphatic carbocycles. The van der Waals surface area contributed by atoms with Crippen molar-refractivity contribution in [1.82, 2.24) is 0 Å². The van der Waals surface area contributed by atoms with E-state index in [4.69, 9.17) is 10.00 Å². The standard InChI is InChI=1S/C9H8FNO/c1-12-9-3-7(5-10)2-8(4-9)6-11/h2-4H,5H2,1H3. The first-order chi connectivity index (χ1) is 5.80. The van der Waals surface area contributed by atoms with Crippen LogP contribution >= 0.6 is 0 Å². The highest BCUT2D eigenvalue weighted by atomic mass is 19.1. The first kappa shape index (κ1) is 8.54. The number of hydrogen-bond acceptors (Lipinski definition) is 2. The lowest BCUT2D eigenvalue weighted by Gasteiger charge is -2.01. The summed E-state index contributed by atoms with van der Waals surface area (Å²) in [6.45, 7) is -0.577. The van der Waals surface area contributed by atoms with Gasteiger partial charge in [0.25, 0.3) is 0 Å². The number of nitriles is 1. The number of benzene rings is 1. The summed E-state index contributed by atoms with van der Waals surface area (Å²) in [4.78, 5) is 0. The fourth-order valence-corrected chi connectivity index (χ4v) is 0.920. The second-order valence-corrected chi connectivity index (χ2v) is 2.32. The van der Waals surface area contributed by atoms with Crippen LogP contribution in [-0.2, 0) is 6.67 Å². The number of halogens is 1. The number of methoxy groups -OCH3 is 1. The SMILES string of the molecule is COc1cc(C#N)cc(CF)c1. The molecule has 0 saturated carbocycles. The molecule has 0 bridgehead atoms. The first-order valence-corrected chi connectivity index (χ1v) is 3.44. The van der Waals surface area contributed by atoms with Crippen LogP contribution in [0.5, 0.6) is 5.75 Å². The van der Waals surface area contributed by atoms with Gasteiger partial charge in [0.2, 0.25) is 0 Å². The van der Waals surface area contributed by atoms with Crippen LogP contribution in [0, 0.1) is 11.3 Å². The molecular weight excluding hydrogens is 157 g/mol. The Balaban J connectivity index is 3.12. The Morgan fingerprint density at radius 1 is 1.50 bits per heavy atom. The number of ether oxygens (including phenoxy) is 1. The first-order valence-electron chi connectivity index (χ1n) is 3.44. The van der Waals surface area contributed by atoms with Gasteiger partial charge in [-0.3, -0.25) is 0 Å². The number of hydrogen-bond donors (Lipinski definition) is 0. The summed E-state index contributed by atoms with van der Waals surface area (Å²) >= 11 is 0. The molecule has 1 aromatic carbocycles. The van der Waals surface area contributed by atoms with Crippen LogP contribution in [-0.4, -0.2) is 7.11 Å². The van der Waals surface area contributed by atoms with Gasteiger partial charge in [-0.05, 0) is 23.8 Å². The zero-order chi connectivity index (χ0) is 8.97. The normalized spacial score (nSPS) is 9.08. The molecule has 0 fully saturated rings. The third kappa shape index (κ3) is 1.73. The molecule has 0 N–H and O–H groups in total. The number of nitrogens with zero attached hydrogens (tertiary/aromatic N) is 1. The Bertz CT molecular complexity index is 295. The van der Waals surface area contributed by atoms with Crippen LogP contribution in [0.15, 0.2) is 18.2 Å². The lowest BCUT2D eigenvalue weighted by atomic mass is 10.1. The molecule has 0 atom stereocenters. The fourth-order valence-electron chi connectivity index (χ4n) is 0.920. The summed E-state index contributed by atoms with van der Waals surface area (Å²) in [7, 11) is 1.48. The molecule has 0 saturated heterocycles. The molecule has 0 aromatic heterocycles. The Labute approximate surface area is 70.2 Å². The van der Waals surface area contributed by atoms with Gasteiger partial charge in [-0.25, -0.2) is 4.39 Å². The molecule has 0 unspecified atom stereocenters. The van der Waals surface area contributed by atoms with Gasteiger partial charge in [0.05, 0.1) is 18.7 Å². The van der Waals surface area contributed by atoms with Gasteiger partial charge in [-0.15, -0.1) is 0 Å². The van der Waals surface area contributed by atoms with Gasteiger partial charge < -0.3 is 4.74 Å². The minimum absolute atomic E-state index is 0.419. The monoisotopic (exact) mass is 165 g/mol. The van der Waals surface area contributed by atoms with Crippen LogP contribution in [0.2, 0.25) is 0 Å². The summed E-state index contributed by atoms with van der Waals surface area (Å²) in [6.07, 6.45) is 0. The van der Waals surface area contributed by atoms with E-state index in [1.165, 1.54) is 13.2 Å². The third-order valence-electron chi connectivity index (χ3n) is 1.49. The van der Waals surface area contributed by atoms with E-state index in [1.54, 1.807) is 12.1 Å². The van der Waals surface area contributed by atoms with Crippen LogP contribution < -0.4 is 4.74 Å². The maximum absolute atomic E-state index is 12.2. The molecule has 0 aliphatic rings. The number of alkyl halides is 1. The summed E-state index contributed by atoms with van der Waals surface area (Å²) in [5.74, 6) is 0.515. The van der Waals surface area contributed by atoms with Gasteiger partial charge in [-0.2, -0.15) is 5.26 Å². The van der Waals surface area contributed by atoms with Crippen molar-refractivity contribution < 1.29 is 9.13 Å². The highest BCUT2D eigenvalue weighted by Crippen LogP contribution is 2.16. The summed E-state index contributed by atoms with van der Waals surface area (Å²) in [6, 6.07) is 6.57. The molecule has 0 aliphatic heterocycles. The Kier molecular flexibility index (Phi) is 2.65. The topological polar surface area (TPSA) is 33.0 Å². The Hall–Kier alpha value is -1.56. The van der Waals surface area contributed by atoms with Crippen molar-refractivity contribution in [1.29, 1.82) is 5.26 Å². The summed E-state index contributed by atoms with van der Waals surface area (Å²) in [5.41, 5.74) is 0.882. The third-order valence-corrected chi connectivity index (χ3v) is 1.49. The molecule has 1 aromatic rings. The summed E-state index contributed by atoms with van der Waals surface area (Å²) in [5, 5.41) is 8.55. The van der Waals surface area contributed by atoms with Crippen molar-refractivity contribution in [2.24, 2.45) is 0 Å². The quantitative estimate of drug-likeness (QED) is 0.671. The van der Waals surface area contributed by atoms with Crippen LogP contribution in [0.25, 0.3) is 0 Å². The molecular formula is C9H8FNO. The van der Waals surface area contributed by atoms with Crippen LogP contribution in [0.3, 0.4) is 0 Å². The zero-order valence-corrected chi connectivity index (χ0v) is 6.67. The van der Waals surface area contributed by atoms with Crippen LogP contribution in [0.1, 0.15) is 11.1 Å². The lowest BCUT2D eigenvalue weighted by Crippen LogP contribution is -1.87. The lowest BCUT2D eigenvalue weighted by molar-refractivity contribution is 0.411. The molecule has 0 spiro atoms. The van der Waals surface area contributed by atoms with Crippen molar-refractivity contribution in [3.05, 3.63) is 29.3 Å². The highest BCUT2D eigenvalue weighted by Gasteiger charge is 1.99. The van der Waals surface area contributed by atoms with Crippen molar-refractivity contribution in [3.63, 3.8) is 0 Å². The van der Waals surface area contributed by atoms with Crippen molar-refractivity contribution in [2.45, 2.75) is 6.67 Å².